The summed E-state index contributed by atoms with van der Waals surface area (Å²) in [6, 6.07) is 2.95. The number of carbonyl (C=O) groups excluding carboxylic acids is 2. The van der Waals surface area contributed by atoms with Gasteiger partial charge in [0.05, 0.1) is 11.6 Å². The van der Waals surface area contributed by atoms with Crippen molar-refractivity contribution in [2.24, 2.45) is 0 Å². The van der Waals surface area contributed by atoms with E-state index in [2.05, 4.69) is 6.58 Å². The Labute approximate surface area is 155 Å². The fourth-order valence-corrected chi connectivity index (χ4v) is 1.88. The molecule has 0 N–H and O–H groups in total. The first-order valence-corrected chi connectivity index (χ1v) is 6.67. The molecule has 7 heteroatoms. The fraction of sp³-hybridized carbons (Fsp3) is 0.286. The van der Waals surface area contributed by atoms with Crippen molar-refractivity contribution >= 4 is 35.0 Å². The Balaban J connectivity index is 0.00000400. The van der Waals surface area contributed by atoms with Crippen LogP contribution in [0.3, 0.4) is 0 Å². The molecule has 21 heavy (non-hydrogen) atoms. The maximum absolute atomic E-state index is 12.0. The molecule has 0 aliphatic heterocycles. The van der Waals surface area contributed by atoms with Crippen LogP contribution < -0.4 is 39.4 Å². The molecular formula is C14H13Cl2NaO4. The second kappa shape index (κ2) is 9.49. The van der Waals surface area contributed by atoms with Gasteiger partial charge in [-0.3, -0.25) is 4.79 Å². The molecule has 0 radical (unpaired) electrons. The first kappa shape index (κ1) is 20.5. The summed E-state index contributed by atoms with van der Waals surface area (Å²) >= 11 is 12.0. The van der Waals surface area contributed by atoms with Crippen molar-refractivity contribution in [1.82, 2.24) is 0 Å². The van der Waals surface area contributed by atoms with Crippen molar-refractivity contribution in [2.45, 2.75) is 19.8 Å². The zero-order chi connectivity index (χ0) is 15.3. The molecule has 0 heterocycles. The van der Waals surface area contributed by atoms with E-state index in [1.165, 1.54) is 12.1 Å². The summed E-state index contributed by atoms with van der Waals surface area (Å²) in [6.07, 6.45) is 0.248. The SMILES string of the molecule is C=C(CC)C(=O)c1ccc(OCCC(=O)[O-])c(Cl)c1Cl.[Na+]. The van der Waals surface area contributed by atoms with Gasteiger partial charge in [0.1, 0.15) is 10.8 Å². The van der Waals surface area contributed by atoms with Crippen LogP contribution in [0.2, 0.25) is 10.0 Å². The smallest absolute Gasteiger partial charge is 0.550 e. The van der Waals surface area contributed by atoms with Gasteiger partial charge in [0.15, 0.2) is 5.78 Å². The van der Waals surface area contributed by atoms with Gasteiger partial charge >= 0.3 is 29.6 Å². The van der Waals surface area contributed by atoms with E-state index in [-0.39, 0.29) is 69.7 Å². The molecular weight excluding hydrogens is 326 g/mol. The van der Waals surface area contributed by atoms with Crippen molar-refractivity contribution in [3.05, 3.63) is 39.9 Å². The number of ether oxygens (including phenoxy) is 1. The van der Waals surface area contributed by atoms with Crippen LogP contribution in [0.15, 0.2) is 24.3 Å². The maximum Gasteiger partial charge on any atom is 1.00 e. The Kier molecular flexibility index (Phi) is 9.25. The molecule has 0 saturated heterocycles. The van der Waals surface area contributed by atoms with Crippen LogP contribution in [0.5, 0.6) is 5.75 Å². The standard InChI is InChI=1S/C14H14Cl2O4.Na/c1-3-8(2)14(19)9-4-5-10(13(16)12(9)15)20-7-6-11(17)18;/h4-5H,2-3,6-7H2,1H3,(H,17,18);/q;+1/p-1. The van der Waals surface area contributed by atoms with Gasteiger partial charge in [-0.1, -0.05) is 36.7 Å². The first-order chi connectivity index (χ1) is 9.38. The molecule has 0 spiro atoms. The Morgan fingerprint density at radius 3 is 2.43 bits per heavy atom. The van der Waals surface area contributed by atoms with Gasteiger partial charge in [-0.2, -0.15) is 0 Å². The average molecular weight is 339 g/mol. The van der Waals surface area contributed by atoms with Crippen LogP contribution >= 0.6 is 23.2 Å². The number of benzene rings is 1. The summed E-state index contributed by atoms with van der Waals surface area (Å²) in [5.41, 5.74) is 0.671. The predicted octanol–water partition coefficient (Wildman–Crippen LogP) is -0.335. The van der Waals surface area contributed by atoms with Crippen LogP contribution in [-0.4, -0.2) is 18.4 Å². The number of hydrogen-bond acceptors (Lipinski definition) is 4. The number of rotatable bonds is 7. The van der Waals surface area contributed by atoms with E-state index >= 15 is 0 Å². The van der Waals surface area contributed by atoms with Gasteiger partial charge in [0.25, 0.3) is 0 Å². The predicted molar refractivity (Wildman–Crippen MR) is 75.3 cm³/mol. The van der Waals surface area contributed by atoms with E-state index in [1.54, 1.807) is 0 Å². The summed E-state index contributed by atoms with van der Waals surface area (Å²) in [4.78, 5) is 22.3. The van der Waals surface area contributed by atoms with Crippen molar-refractivity contribution < 1.29 is 49.0 Å². The van der Waals surface area contributed by atoms with Crippen LogP contribution in [0.1, 0.15) is 30.1 Å². The number of halogens is 2. The minimum absolute atomic E-state index is 0. The molecule has 0 unspecified atom stereocenters. The number of ketones is 1. The molecule has 1 aromatic rings. The van der Waals surface area contributed by atoms with Crippen molar-refractivity contribution in [2.75, 3.05) is 6.61 Å². The maximum atomic E-state index is 12.0. The Hall–Kier alpha value is -0.520. The summed E-state index contributed by atoms with van der Waals surface area (Å²) < 4.78 is 5.18. The quantitative estimate of drug-likeness (QED) is 0.388. The van der Waals surface area contributed by atoms with Crippen LogP contribution in [0.4, 0.5) is 0 Å². The second-order valence-corrected chi connectivity index (χ2v) is 4.75. The summed E-state index contributed by atoms with van der Waals surface area (Å²) in [6.45, 7) is 5.38. The topological polar surface area (TPSA) is 66.4 Å². The number of Topliss-reactive ketones (excluding diaryl/α,β-unsaturated/α-hetero) is 1. The number of carboxylic acids is 1. The molecule has 0 bridgehead atoms. The second-order valence-electron chi connectivity index (χ2n) is 4.00. The van der Waals surface area contributed by atoms with Gasteiger partial charge in [0, 0.05) is 18.0 Å². The number of carboxylic acid groups (broad SMARTS) is 1. The molecule has 0 aliphatic carbocycles. The van der Waals surface area contributed by atoms with Crippen LogP contribution in [0, 0.1) is 0 Å². The average Bonchev–Trinajstić information content (AvgIpc) is 2.41. The van der Waals surface area contributed by atoms with Crippen LogP contribution in [0.25, 0.3) is 0 Å². The van der Waals surface area contributed by atoms with E-state index in [0.717, 1.165) is 0 Å². The number of aliphatic carboxylic acids is 1. The third-order valence-electron chi connectivity index (χ3n) is 2.60. The van der Waals surface area contributed by atoms with E-state index in [9.17, 15) is 14.7 Å². The largest absolute Gasteiger partial charge is 1.00 e. The van der Waals surface area contributed by atoms with Crippen molar-refractivity contribution in [3.63, 3.8) is 0 Å². The molecule has 108 valence electrons. The zero-order valence-corrected chi connectivity index (χ0v) is 15.4. The minimum atomic E-state index is -1.22. The van der Waals surface area contributed by atoms with Gasteiger partial charge < -0.3 is 14.6 Å². The molecule has 0 aromatic heterocycles. The normalized spacial score (nSPS) is 9.67. The van der Waals surface area contributed by atoms with Crippen molar-refractivity contribution in [1.29, 1.82) is 0 Å². The van der Waals surface area contributed by atoms with Gasteiger partial charge in [0.2, 0.25) is 0 Å². The fourth-order valence-electron chi connectivity index (χ4n) is 1.41. The van der Waals surface area contributed by atoms with Crippen molar-refractivity contribution in [3.8, 4) is 5.75 Å². The van der Waals surface area contributed by atoms with E-state index in [1.807, 2.05) is 6.92 Å². The molecule has 1 aromatic carbocycles. The summed E-state index contributed by atoms with van der Waals surface area (Å²) in [5.74, 6) is -1.28. The third kappa shape index (κ3) is 5.64. The zero-order valence-electron chi connectivity index (χ0n) is 11.9. The molecule has 0 amide bonds. The molecule has 0 saturated carbocycles. The molecule has 0 fully saturated rings. The third-order valence-corrected chi connectivity index (χ3v) is 3.47. The van der Waals surface area contributed by atoms with E-state index < -0.39 is 5.97 Å². The molecule has 1 rings (SSSR count). The van der Waals surface area contributed by atoms with Crippen LogP contribution in [-0.2, 0) is 4.79 Å². The van der Waals surface area contributed by atoms with E-state index in [0.29, 0.717) is 12.0 Å². The first-order valence-electron chi connectivity index (χ1n) is 5.91. The number of hydrogen-bond donors (Lipinski definition) is 0. The van der Waals surface area contributed by atoms with E-state index in [4.69, 9.17) is 27.9 Å². The minimum Gasteiger partial charge on any atom is -0.550 e. The monoisotopic (exact) mass is 338 g/mol. The Bertz CT molecular complexity index is 558. The summed E-state index contributed by atoms with van der Waals surface area (Å²) in [5, 5.41) is 10.4. The molecule has 4 nitrogen and oxygen atoms in total. The molecule has 0 aliphatic rings. The molecule has 0 atom stereocenters. The van der Waals surface area contributed by atoms with Gasteiger partial charge in [-0.25, -0.2) is 0 Å². The summed E-state index contributed by atoms with van der Waals surface area (Å²) in [7, 11) is 0. The number of carbonyl (C=O) groups is 2. The Morgan fingerprint density at radius 2 is 1.90 bits per heavy atom. The van der Waals surface area contributed by atoms with Gasteiger partial charge in [-0.05, 0) is 24.1 Å². The Morgan fingerprint density at radius 1 is 1.29 bits per heavy atom. The van der Waals surface area contributed by atoms with Gasteiger partial charge in [-0.15, -0.1) is 0 Å². The number of allylic oxidation sites excluding steroid dienone is 1.